The van der Waals surface area contributed by atoms with Gasteiger partial charge in [-0.05, 0) is 62.4 Å². The molecule has 5 rings (SSSR count). The Morgan fingerprint density at radius 2 is 1.96 bits per heavy atom. The molecule has 0 bridgehead atoms. The second kappa shape index (κ2) is 4.76. The first-order valence-electron chi connectivity index (χ1n) is 9.90. The maximum Gasteiger partial charge on any atom is 0.302 e. The number of ketones is 1. The van der Waals surface area contributed by atoms with Gasteiger partial charge in [-0.1, -0.05) is 19.9 Å². The van der Waals surface area contributed by atoms with Crippen LogP contribution >= 0.6 is 0 Å². The van der Waals surface area contributed by atoms with E-state index in [2.05, 4.69) is 19.9 Å². The fourth-order valence-corrected chi connectivity index (χ4v) is 7.42. The van der Waals surface area contributed by atoms with Crippen LogP contribution in [0.3, 0.4) is 0 Å². The molecule has 0 amide bonds. The zero-order valence-electron chi connectivity index (χ0n) is 15.4. The number of esters is 1. The molecule has 1 heterocycles. The van der Waals surface area contributed by atoms with Crippen LogP contribution in [-0.2, 0) is 19.1 Å². The van der Waals surface area contributed by atoms with Crippen LogP contribution in [0, 0.1) is 28.6 Å². The van der Waals surface area contributed by atoms with Crippen molar-refractivity contribution in [1.29, 1.82) is 0 Å². The molecule has 0 N–H and O–H groups in total. The van der Waals surface area contributed by atoms with E-state index in [4.69, 9.17) is 9.47 Å². The third-order valence-electron chi connectivity index (χ3n) is 8.74. The van der Waals surface area contributed by atoms with Crippen LogP contribution in [0.25, 0.3) is 0 Å². The Balaban J connectivity index is 1.47. The van der Waals surface area contributed by atoms with Gasteiger partial charge in [-0.2, -0.15) is 0 Å². The summed E-state index contributed by atoms with van der Waals surface area (Å²) < 4.78 is 11.8. The van der Waals surface area contributed by atoms with Crippen LogP contribution < -0.4 is 0 Å². The Morgan fingerprint density at radius 3 is 2.72 bits per heavy atom. The summed E-state index contributed by atoms with van der Waals surface area (Å²) in [5.41, 5.74) is -0.122. The number of ether oxygens (including phenoxy) is 2. The molecule has 8 atom stereocenters. The van der Waals surface area contributed by atoms with E-state index in [0.29, 0.717) is 17.8 Å². The smallest absolute Gasteiger partial charge is 0.302 e. The Morgan fingerprint density at radius 1 is 1.16 bits per heavy atom. The first-order valence-corrected chi connectivity index (χ1v) is 9.90. The quantitative estimate of drug-likeness (QED) is 0.540. The first kappa shape index (κ1) is 16.0. The molecule has 4 fully saturated rings. The zero-order valence-corrected chi connectivity index (χ0v) is 15.4. The van der Waals surface area contributed by atoms with Gasteiger partial charge < -0.3 is 9.47 Å². The maximum atomic E-state index is 12.1. The SMILES string of the molecule is CC(=O)O[C@@H]1CC[C@@H]2[C@@H]3CC[C@]45O[C@H]4C(=O)C=C[C@]5(C)[C@H]3CC[C@@]21C. The van der Waals surface area contributed by atoms with Crippen molar-refractivity contribution in [1.82, 2.24) is 0 Å². The number of carbonyl (C=O) groups is 2. The lowest BCUT2D eigenvalue weighted by molar-refractivity contribution is -0.158. The Hall–Kier alpha value is -1.16. The summed E-state index contributed by atoms with van der Waals surface area (Å²) in [7, 11) is 0. The van der Waals surface area contributed by atoms with Gasteiger partial charge in [0, 0.05) is 17.8 Å². The van der Waals surface area contributed by atoms with Gasteiger partial charge in [0.2, 0.25) is 0 Å². The van der Waals surface area contributed by atoms with Crippen LogP contribution in [0.2, 0.25) is 0 Å². The number of hydrogen-bond donors (Lipinski definition) is 0. The number of hydrogen-bond acceptors (Lipinski definition) is 4. The standard InChI is InChI=1S/C21H28O4/c1-12(22)24-17-5-4-14-13-6-11-21-18(25-21)16(23)8-10-20(21,3)15(13)7-9-19(14,17)2/h8,10,13-15,17-18H,4-7,9,11H2,1-3H3/t13-,14+,15-,17+,18-,19-,20+,21-/m0/s1. The molecule has 3 saturated carbocycles. The monoisotopic (exact) mass is 344 g/mol. The van der Waals surface area contributed by atoms with Crippen molar-refractivity contribution < 1.29 is 19.1 Å². The lowest BCUT2D eigenvalue weighted by Gasteiger charge is -2.57. The predicted octanol–water partition coefficient (Wildman–Crippen LogP) is 3.44. The highest BCUT2D eigenvalue weighted by molar-refractivity contribution is 5.98. The van der Waals surface area contributed by atoms with E-state index in [9.17, 15) is 9.59 Å². The van der Waals surface area contributed by atoms with Crippen molar-refractivity contribution in [2.75, 3.05) is 0 Å². The van der Waals surface area contributed by atoms with Crippen molar-refractivity contribution in [2.45, 2.75) is 77.1 Å². The van der Waals surface area contributed by atoms with Crippen LogP contribution in [0.15, 0.2) is 12.2 Å². The highest BCUT2D eigenvalue weighted by Crippen LogP contribution is 2.71. The Kier molecular flexibility index (Phi) is 3.06. The van der Waals surface area contributed by atoms with E-state index in [0.717, 1.165) is 38.5 Å². The summed E-state index contributed by atoms with van der Waals surface area (Å²) in [5.74, 6) is 1.86. The molecule has 0 aromatic heterocycles. The summed E-state index contributed by atoms with van der Waals surface area (Å²) in [6.07, 6.45) is 10.4. The Labute approximate surface area is 149 Å². The summed E-state index contributed by atoms with van der Waals surface area (Å²) >= 11 is 0. The van der Waals surface area contributed by atoms with E-state index in [1.807, 2.05) is 0 Å². The lowest BCUT2D eigenvalue weighted by Crippen LogP contribution is -2.57. The molecule has 4 aliphatic carbocycles. The van der Waals surface area contributed by atoms with E-state index in [1.165, 1.54) is 6.92 Å². The van der Waals surface area contributed by atoms with Crippen molar-refractivity contribution in [2.24, 2.45) is 28.6 Å². The predicted molar refractivity (Wildman–Crippen MR) is 91.7 cm³/mol. The molecular weight excluding hydrogens is 316 g/mol. The minimum Gasteiger partial charge on any atom is -0.462 e. The minimum absolute atomic E-state index is 0.0185. The molecule has 0 aromatic rings. The van der Waals surface area contributed by atoms with E-state index < -0.39 is 0 Å². The molecule has 136 valence electrons. The summed E-state index contributed by atoms with van der Waals surface area (Å²) in [6.45, 7) is 6.20. The molecule has 4 nitrogen and oxygen atoms in total. The normalized spacial score (nSPS) is 55.6. The van der Waals surface area contributed by atoms with Crippen LogP contribution in [-0.4, -0.2) is 29.6 Å². The minimum atomic E-state index is -0.221. The van der Waals surface area contributed by atoms with E-state index in [1.54, 1.807) is 6.08 Å². The third kappa shape index (κ3) is 1.82. The fourth-order valence-electron chi connectivity index (χ4n) is 7.42. The average molecular weight is 344 g/mol. The molecule has 0 aromatic carbocycles. The zero-order chi connectivity index (χ0) is 17.6. The number of fused-ring (bicyclic) bond motifs is 4. The molecular formula is C21H28O4. The molecule has 0 unspecified atom stereocenters. The molecule has 4 heteroatoms. The van der Waals surface area contributed by atoms with Crippen LogP contribution in [0.4, 0.5) is 0 Å². The molecule has 1 aliphatic heterocycles. The fraction of sp³-hybridized carbons (Fsp3) is 0.810. The number of epoxide rings is 1. The van der Waals surface area contributed by atoms with Gasteiger partial charge in [0.1, 0.15) is 11.7 Å². The van der Waals surface area contributed by atoms with Gasteiger partial charge in [0.25, 0.3) is 0 Å². The van der Waals surface area contributed by atoms with Gasteiger partial charge in [0.05, 0.1) is 0 Å². The summed E-state index contributed by atoms with van der Waals surface area (Å²) in [4.78, 5) is 23.6. The molecule has 1 saturated heterocycles. The third-order valence-corrected chi connectivity index (χ3v) is 8.74. The molecule has 5 aliphatic rings. The molecule has 0 radical (unpaired) electrons. The van der Waals surface area contributed by atoms with E-state index in [-0.39, 0.29) is 40.4 Å². The van der Waals surface area contributed by atoms with Crippen LogP contribution in [0.1, 0.15) is 59.3 Å². The van der Waals surface area contributed by atoms with Gasteiger partial charge in [-0.15, -0.1) is 0 Å². The molecule has 25 heavy (non-hydrogen) atoms. The lowest BCUT2D eigenvalue weighted by atomic mass is 9.46. The van der Waals surface area contributed by atoms with Gasteiger partial charge in [0.15, 0.2) is 11.9 Å². The Bertz CT molecular complexity index is 683. The highest BCUT2D eigenvalue weighted by atomic mass is 16.6. The van der Waals surface area contributed by atoms with Gasteiger partial charge in [-0.25, -0.2) is 0 Å². The topological polar surface area (TPSA) is 55.9 Å². The maximum absolute atomic E-state index is 12.1. The number of rotatable bonds is 1. The number of carbonyl (C=O) groups excluding carboxylic acids is 2. The molecule has 1 spiro atoms. The average Bonchev–Trinajstić information content (AvgIpc) is 3.22. The van der Waals surface area contributed by atoms with Crippen molar-refractivity contribution in [3.05, 3.63) is 12.2 Å². The highest BCUT2D eigenvalue weighted by Gasteiger charge is 2.75. The van der Waals surface area contributed by atoms with Crippen LogP contribution in [0.5, 0.6) is 0 Å². The second-order valence-electron chi connectivity index (χ2n) is 9.54. The van der Waals surface area contributed by atoms with E-state index >= 15 is 0 Å². The van der Waals surface area contributed by atoms with Crippen molar-refractivity contribution >= 4 is 11.8 Å². The second-order valence-corrected chi connectivity index (χ2v) is 9.54. The van der Waals surface area contributed by atoms with Gasteiger partial charge >= 0.3 is 5.97 Å². The van der Waals surface area contributed by atoms with Gasteiger partial charge in [-0.3, -0.25) is 9.59 Å². The first-order chi connectivity index (χ1) is 11.8. The van der Waals surface area contributed by atoms with Crippen molar-refractivity contribution in [3.8, 4) is 0 Å². The summed E-state index contributed by atoms with van der Waals surface area (Å²) in [5, 5.41) is 0. The van der Waals surface area contributed by atoms with Crippen molar-refractivity contribution in [3.63, 3.8) is 0 Å². The largest absolute Gasteiger partial charge is 0.462 e. The summed E-state index contributed by atoms with van der Waals surface area (Å²) in [6, 6.07) is 0.